The Morgan fingerprint density at radius 3 is 2.57 bits per heavy atom. The van der Waals surface area contributed by atoms with Crippen molar-refractivity contribution in [3.8, 4) is 0 Å². The number of likely N-dealkylation sites (N-methyl/N-ethyl adjacent to an activating group) is 1. The van der Waals surface area contributed by atoms with E-state index in [9.17, 15) is 14.0 Å². The average Bonchev–Trinajstić information content (AvgIpc) is 2.93. The van der Waals surface area contributed by atoms with Gasteiger partial charge in [0.25, 0.3) is 0 Å². The number of carbonyl (C=O) groups excluding carboxylic acids is 2. The van der Waals surface area contributed by atoms with E-state index in [1.54, 1.807) is 19.1 Å². The van der Waals surface area contributed by atoms with Gasteiger partial charge in [-0.05, 0) is 50.4 Å². The van der Waals surface area contributed by atoms with Crippen molar-refractivity contribution < 1.29 is 14.0 Å². The van der Waals surface area contributed by atoms with E-state index >= 15 is 0 Å². The lowest BCUT2D eigenvalue weighted by Crippen LogP contribution is -2.57. The lowest BCUT2D eigenvalue weighted by molar-refractivity contribution is -0.138. The minimum absolute atomic E-state index is 0.0119. The fourth-order valence-corrected chi connectivity index (χ4v) is 5.99. The molecular weight excluding hydrogens is 357 g/mol. The van der Waals surface area contributed by atoms with E-state index in [1.807, 2.05) is 16.8 Å². The molecule has 1 aromatic carbocycles. The van der Waals surface area contributed by atoms with Gasteiger partial charge in [0, 0.05) is 37.5 Å². The van der Waals surface area contributed by atoms with Crippen LogP contribution in [0.1, 0.15) is 45.1 Å². The van der Waals surface area contributed by atoms with E-state index in [0.717, 1.165) is 31.2 Å². The lowest BCUT2D eigenvalue weighted by atomic mass is 9.66. The molecule has 3 aliphatic rings. The Kier molecular flexibility index (Phi) is 4.94. The van der Waals surface area contributed by atoms with E-state index in [4.69, 9.17) is 0 Å². The van der Waals surface area contributed by atoms with Crippen LogP contribution in [0.25, 0.3) is 0 Å². The summed E-state index contributed by atoms with van der Waals surface area (Å²) in [7, 11) is 1.93. The number of rotatable bonds is 4. The summed E-state index contributed by atoms with van der Waals surface area (Å²) in [5.74, 6) is 0.0284. The molecule has 5 nitrogen and oxygen atoms in total. The molecule has 6 heteroatoms. The Morgan fingerprint density at radius 1 is 1.21 bits per heavy atom. The van der Waals surface area contributed by atoms with Crippen LogP contribution >= 0.6 is 0 Å². The highest BCUT2D eigenvalue weighted by molar-refractivity contribution is 5.80. The molecule has 1 aliphatic carbocycles. The van der Waals surface area contributed by atoms with Gasteiger partial charge in [-0.25, -0.2) is 4.39 Å². The van der Waals surface area contributed by atoms with Crippen molar-refractivity contribution in [3.05, 3.63) is 35.6 Å². The number of hydrogen-bond acceptors (Lipinski definition) is 3. The van der Waals surface area contributed by atoms with Crippen LogP contribution < -0.4 is 0 Å². The van der Waals surface area contributed by atoms with Gasteiger partial charge in [-0.15, -0.1) is 0 Å². The highest BCUT2D eigenvalue weighted by Gasteiger charge is 2.61. The first-order chi connectivity index (χ1) is 13.3. The smallest absolute Gasteiger partial charge is 0.237 e. The molecule has 4 atom stereocenters. The number of piperidine rings is 1. The number of likely N-dealkylation sites (tertiary alicyclic amines) is 2. The maximum atomic E-state index is 13.3. The second-order valence-electron chi connectivity index (χ2n) is 9.10. The van der Waals surface area contributed by atoms with E-state index in [-0.39, 0.29) is 41.2 Å². The lowest BCUT2D eigenvalue weighted by Gasteiger charge is -2.49. The molecule has 28 heavy (non-hydrogen) atoms. The zero-order valence-corrected chi connectivity index (χ0v) is 17.0. The number of benzene rings is 1. The van der Waals surface area contributed by atoms with E-state index in [2.05, 4.69) is 11.8 Å². The van der Waals surface area contributed by atoms with Crippen LogP contribution in [0, 0.1) is 11.2 Å². The minimum Gasteiger partial charge on any atom is -0.337 e. The molecule has 2 amide bonds. The van der Waals surface area contributed by atoms with Crippen molar-refractivity contribution in [2.24, 2.45) is 5.41 Å². The van der Waals surface area contributed by atoms with Gasteiger partial charge in [0.2, 0.25) is 11.8 Å². The SMILES string of the molecule is CC(=O)N1C[C@@H]2C[C@@]3(C)[C@H](CCC[C@@H]13)N2C(=O)CN(C)Cc1ccc(F)cc1. The number of nitrogens with zero attached hydrogens (tertiary/aromatic N) is 3. The molecule has 1 saturated carbocycles. The molecule has 152 valence electrons. The Balaban J connectivity index is 1.48. The van der Waals surface area contributed by atoms with Crippen LogP contribution in [0.3, 0.4) is 0 Å². The fourth-order valence-electron chi connectivity index (χ4n) is 5.99. The molecule has 4 rings (SSSR count). The monoisotopic (exact) mass is 387 g/mol. The van der Waals surface area contributed by atoms with Gasteiger partial charge in [0.05, 0.1) is 12.6 Å². The van der Waals surface area contributed by atoms with Gasteiger partial charge >= 0.3 is 0 Å². The summed E-state index contributed by atoms with van der Waals surface area (Å²) in [6, 6.07) is 7.04. The molecule has 2 heterocycles. The summed E-state index contributed by atoms with van der Waals surface area (Å²) in [4.78, 5) is 31.6. The number of halogens is 1. The quantitative estimate of drug-likeness (QED) is 0.798. The minimum atomic E-state index is -0.248. The standard InChI is InChI=1S/C22H30FN3O2/c1-15(27)25-13-18-11-22(2)19(25)5-4-6-20(22)26(18)21(28)14-24(3)12-16-7-9-17(23)10-8-16/h7-10,18-20H,4-6,11-14H2,1-3H3/t18-,19+,20-,22+/m0/s1. The second kappa shape index (κ2) is 7.14. The van der Waals surface area contributed by atoms with Gasteiger partial charge in [0.1, 0.15) is 5.82 Å². The average molecular weight is 387 g/mol. The Hall–Kier alpha value is -1.95. The molecule has 2 aliphatic heterocycles. The summed E-state index contributed by atoms with van der Waals surface area (Å²) in [6.45, 7) is 5.54. The molecule has 3 fully saturated rings. The third kappa shape index (κ3) is 3.21. The van der Waals surface area contributed by atoms with Gasteiger partial charge in [0.15, 0.2) is 0 Å². The molecule has 0 unspecified atom stereocenters. The summed E-state index contributed by atoms with van der Waals surface area (Å²) in [5, 5.41) is 0. The van der Waals surface area contributed by atoms with Gasteiger partial charge in [-0.3, -0.25) is 14.5 Å². The first-order valence-corrected chi connectivity index (χ1v) is 10.3. The van der Waals surface area contributed by atoms with Crippen molar-refractivity contribution in [1.29, 1.82) is 0 Å². The number of hydrogen-bond donors (Lipinski definition) is 0. The molecule has 0 aromatic heterocycles. The van der Waals surface area contributed by atoms with Crippen molar-refractivity contribution in [2.75, 3.05) is 20.1 Å². The molecule has 0 N–H and O–H groups in total. The fraction of sp³-hybridized carbons (Fsp3) is 0.636. The van der Waals surface area contributed by atoms with Crippen molar-refractivity contribution >= 4 is 11.8 Å². The Bertz CT molecular complexity index is 768. The van der Waals surface area contributed by atoms with Crippen molar-refractivity contribution in [1.82, 2.24) is 14.7 Å². The summed E-state index contributed by atoms with van der Waals surface area (Å²) in [6.07, 6.45) is 4.14. The molecule has 0 spiro atoms. The second-order valence-corrected chi connectivity index (χ2v) is 9.10. The van der Waals surface area contributed by atoms with Crippen LogP contribution in [0.2, 0.25) is 0 Å². The largest absolute Gasteiger partial charge is 0.337 e. The highest BCUT2D eigenvalue weighted by atomic mass is 19.1. The van der Waals surface area contributed by atoms with Gasteiger partial charge in [-0.1, -0.05) is 19.1 Å². The predicted molar refractivity (Wildman–Crippen MR) is 105 cm³/mol. The third-order valence-electron chi connectivity index (χ3n) is 7.13. The molecule has 2 saturated heterocycles. The molecule has 2 bridgehead atoms. The van der Waals surface area contributed by atoms with E-state index in [1.165, 1.54) is 12.1 Å². The zero-order valence-electron chi connectivity index (χ0n) is 17.0. The Morgan fingerprint density at radius 2 is 1.89 bits per heavy atom. The maximum Gasteiger partial charge on any atom is 0.237 e. The van der Waals surface area contributed by atoms with Crippen LogP contribution in [-0.4, -0.2) is 64.8 Å². The molecular formula is C22H30FN3O2. The highest BCUT2D eigenvalue weighted by Crippen LogP contribution is 2.54. The van der Waals surface area contributed by atoms with E-state index < -0.39 is 0 Å². The molecule has 1 aromatic rings. The van der Waals surface area contributed by atoms with E-state index in [0.29, 0.717) is 19.6 Å². The summed E-state index contributed by atoms with van der Waals surface area (Å²) >= 11 is 0. The van der Waals surface area contributed by atoms with Crippen molar-refractivity contribution in [3.63, 3.8) is 0 Å². The normalized spacial score (nSPS) is 31.4. The van der Waals surface area contributed by atoms with Crippen LogP contribution in [0.4, 0.5) is 4.39 Å². The van der Waals surface area contributed by atoms with Crippen molar-refractivity contribution in [2.45, 2.75) is 64.2 Å². The number of carbonyl (C=O) groups is 2. The van der Waals surface area contributed by atoms with Gasteiger partial charge < -0.3 is 9.80 Å². The first kappa shape index (κ1) is 19.4. The zero-order chi connectivity index (χ0) is 20.1. The van der Waals surface area contributed by atoms with Gasteiger partial charge in [-0.2, -0.15) is 0 Å². The molecule has 0 radical (unpaired) electrons. The van der Waals surface area contributed by atoms with Crippen LogP contribution in [0.15, 0.2) is 24.3 Å². The summed E-state index contributed by atoms with van der Waals surface area (Å²) < 4.78 is 13.1. The third-order valence-corrected chi connectivity index (χ3v) is 7.13. The first-order valence-electron chi connectivity index (χ1n) is 10.3. The number of fused-ring (bicyclic) bond motifs is 1. The van der Waals surface area contributed by atoms with Crippen LogP contribution in [-0.2, 0) is 16.1 Å². The number of amides is 2. The van der Waals surface area contributed by atoms with Crippen LogP contribution in [0.5, 0.6) is 0 Å². The topological polar surface area (TPSA) is 43.9 Å². The predicted octanol–water partition coefficient (Wildman–Crippen LogP) is 2.65. The maximum absolute atomic E-state index is 13.3. The Labute approximate surface area is 166 Å². The summed E-state index contributed by atoms with van der Waals surface area (Å²) in [5.41, 5.74) is 1.00.